The van der Waals surface area contributed by atoms with Crippen molar-refractivity contribution in [3.05, 3.63) is 24.0 Å². The highest BCUT2D eigenvalue weighted by Crippen LogP contribution is 2.28. The second kappa shape index (κ2) is 6.10. The molecule has 1 saturated carbocycles. The van der Waals surface area contributed by atoms with Gasteiger partial charge < -0.3 is 5.73 Å². The van der Waals surface area contributed by atoms with Crippen LogP contribution in [0.15, 0.2) is 23.1 Å². The second-order valence-corrected chi connectivity index (χ2v) is 7.41. The van der Waals surface area contributed by atoms with Crippen molar-refractivity contribution < 1.29 is 12.8 Å². The predicted octanol–water partition coefficient (Wildman–Crippen LogP) is 2.51. The van der Waals surface area contributed by atoms with Gasteiger partial charge in [0.25, 0.3) is 0 Å². The first-order valence-corrected chi connectivity index (χ1v) is 8.41. The molecule has 3 N–H and O–H groups in total. The van der Waals surface area contributed by atoms with Crippen molar-refractivity contribution in [3.63, 3.8) is 0 Å². The Morgan fingerprint density at radius 3 is 2.85 bits per heavy atom. The van der Waals surface area contributed by atoms with Crippen LogP contribution in [0.5, 0.6) is 0 Å². The molecule has 1 aromatic carbocycles. The minimum absolute atomic E-state index is 0.234. The molecule has 2 rings (SSSR count). The zero-order valence-electron chi connectivity index (χ0n) is 11.6. The highest BCUT2D eigenvalue weighted by atomic mass is 32.2. The molecule has 0 aromatic heterocycles. The lowest BCUT2D eigenvalue weighted by Crippen LogP contribution is -2.32. The molecule has 4 nitrogen and oxygen atoms in total. The lowest BCUT2D eigenvalue weighted by atomic mass is 9.83. The summed E-state index contributed by atoms with van der Waals surface area (Å²) in [6, 6.07) is 3.57. The average Bonchev–Trinajstić information content (AvgIpc) is 2.39. The summed E-state index contributed by atoms with van der Waals surface area (Å²) >= 11 is 0. The summed E-state index contributed by atoms with van der Waals surface area (Å²) in [7, 11) is -3.84. The largest absolute Gasteiger partial charge is 0.399 e. The van der Waals surface area contributed by atoms with Crippen LogP contribution in [-0.4, -0.2) is 15.0 Å². The van der Waals surface area contributed by atoms with Gasteiger partial charge in [0.1, 0.15) is 10.7 Å². The molecular weight excluding hydrogens is 279 g/mol. The summed E-state index contributed by atoms with van der Waals surface area (Å²) in [6.45, 7) is 2.54. The molecule has 0 amide bonds. The van der Waals surface area contributed by atoms with Crippen molar-refractivity contribution in [2.45, 2.75) is 37.5 Å². The SMILES string of the molecule is CC1CCCC(CNS(=O)(=O)c2cc(N)ccc2F)C1. The van der Waals surface area contributed by atoms with Crippen LogP contribution in [0.4, 0.5) is 10.1 Å². The number of nitrogen functional groups attached to an aromatic ring is 1. The van der Waals surface area contributed by atoms with E-state index < -0.39 is 15.8 Å². The van der Waals surface area contributed by atoms with Gasteiger partial charge in [0.05, 0.1) is 0 Å². The fourth-order valence-corrected chi connectivity index (χ4v) is 4.00. The molecule has 2 unspecified atom stereocenters. The van der Waals surface area contributed by atoms with E-state index in [2.05, 4.69) is 11.6 Å². The van der Waals surface area contributed by atoms with E-state index in [1.54, 1.807) is 0 Å². The van der Waals surface area contributed by atoms with E-state index in [0.29, 0.717) is 18.4 Å². The summed E-state index contributed by atoms with van der Waals surface area (Å²) < 4.78 is 40.4. The lowest BCUT2D eigenvalue weighted by Gasteiger charge is -2.26. The van der Waals surface area contributed by atoms with Crippen LogP contribution in [-0.2, 0) is 10.0 Å². The van der Waals surface area contributed by atoms with Gasteiger partial charge in [-0.1, -0.05) is 19.8 Å². The van der Waals surface area contributed by atoms with Gasteiger partial charge in [-0.3, -0.25) is 0 Å². The summed E-state index contributed by atoms with van der Waals surface area (Å²) in [5, 5.41) is 0. The van der Waals surface area contributed by atoms with Crippen LogP contribution in [0.1, 0.15) is 32.6 Å². The molecule has 2 atom stereocenters. The van der Waals surface area contributed by atoms with Crippen molar-refractivity contribution in [2.24, 2.45) is 11.8 Å². The number of halogens is 1. The van der Waals surface area contributed by atoms with Crippen molar-refractivity contribution in [3.8, 4) is 0 Å². The fourth-order valence-electron chi connectivity index (χ4n) is 2.78. The highest BCUT2D eigenvalue weighted by Gasteiger charge is 2.23. The van der Waals surface area contributed by atoms with Crippen LogP contribution < -0.4 is 10.5 Å². The molecule has 0 bridgehead atoms. The van der Waals surface area contributed by atoms with E-state index in [1.807, 2.05) is 0 Å². The molecule has 0 radical (unpaired) electrons. The Morgan fingerprint density at radius 1 is 1.40 bits per heavy atom. The normalized spacial score (nSPS) is 23.7. The minimum Gasteiger partial charge on any atom is -0.399 e. The molecule has 1 aromatic rings. The monoisotopic (exact) mass is 300 g/mol. The number of nitrogens with one attached hydrogen (secondary N) is 1. The van der Waals surface area contributed by atoms with E-state index >= 15 is 0 Å². The van der Waals surface area contributed by atoms with Gasteiger partial charge in [-0.2, -0.15) is 0 Å². The average molecular weight is 300 g/mol. The maximum Gasteiger partial charge on any atom is 0.243 e. The standard InChI is InChI=1S/C14H21FN2O2S/c1-10-3-2-4-11(7-10)9-17-20(18,19)14-8-12(16)5-6-13(14)15/h5-6,8,10-11,17H,2-4,7,9,16H2,1H3. The number of benzene rings is 1. The number of sulfonamides is 1. The molecule has 0 heterocycles. The molecule has 20 heavy (non-hydrogen) atoms. The zero-order valence-corrected chi connectivity index (χ0v) is 12.4. The number of hydrogen-bond donors (Lipinski definition) is 2. The van der Waals surface area contributed by atoms with Gasteiger partial charge in [0.2, 0.25) is 10.0 Å². The Bertz CT molecular complexity index is 575. The first kappa shape index (κ1) is 15.3. The molecule has 0 spiro atoms. The third-order valence-corrected chi connectivity index (χ3v) is 5.29. The Balaban J connectivity index is 2.05. The second-order valence-electron chi connectivity index (χ2n) is 5.68. The predicted molar refractivity (Wildman–Crippen MR) is 77.1 cm³/mol. The van der Waals surface area contributed by atoms with Gasteiger partial charge in [-0.25, -0.2) is 17.5 Å². The Kier molecular flexibility index (Phi) is 4.65. The quantitative estimate of drug-likeness (QED) is 0.839. The first-order chi connectivity index (χ1) is 9.38. The molecule has 1 fully saturated rings. The lowest BCUT2D eigenvalue weighted by molar-refractivity contribution is 0.283. The van der Waals surface area contributed by atoms with E-state index in [0.717, 1.165) is 31.4 Å². The van der Waals surface area contributed by atoms with Crippen LogP contribution >= 0.6 is 0 Å². The maximum absolute atomic E-state index is 13.6. The molecular formula is C14H21FN2O2S. The van der Waals surface area contributed by atoms with Crippen molar-refractivity contribution >= 4 is 15.7 Å². The fraction of sp³-hybridized carbons (Fsp3) is 0.571. The van der Waals surface area contributed by atoms with Crippen molar-refractivity contribution in [2.75, 3.05) is 12.3 Å². The molecule has 1 aliphatic carbocycles. The van der Waals surface area contributed by atoms with Crippen LogP contribution in [0.2, 0.25) is 0 Å². The third kappa shape index (κ3) is 3.70. The van der Waals surface area contributed by atoms with Crippen molar-refractivity contribution in [1.82, 2.24) is 4.72 Å². The molecule has 112 valence electrons. The Morgan fingerprint density at radius 2 is 2.15 bits per heavy atom. The van der Waals surface area contributed by atoms with Gasteiger partial charge in [0.15, 0.2) is 0 Å². The Hall–Kier alpha value is -1.14. The van der Waals surface area contributed by atoms with Crippen LogP contribution in [0, 0.1) is 17.7 Å². The smallest absolute Gasteiger partial charge is 0.243 e. The van der Waals surface area contributed by atoms with Crippen LogP contribution in [0.25, 0.3) is 0 Å². The molecule has 1 aliphatic rings. The van der Waals surface area contributed by atoms with Gasteiger partial charge in [-0.15, -0.1) is 0 Å². The number of rotatable bonds is 4. The summed E-state index contributed by atoms with van der Waals surface area (Å²) in [6.07, 6.45) is 4.36. The number of hydrogen-bond acceptors (Lipinski definition) is 3. The third-order valence-electron chi connectivity index (χ3n) is 3.85. The molecule has 6 heteroatoms. The highest BCUT2D eigenvalue weighted by molar-refractivity contribution is 7.89. The van der Waals surface area contributed by atoms with Crippen LogP contribution in [0.3, 0.4) is 0 Å². The van der Waals surface area contributed by atoms with Gasteiger partial charge >= 0.3 is 0 Å². The van der Waals surface area contributed by atoms with Gasteiger partial charge in [0, 0.05) is 12.2 Å². The zero-order chi connectivity index (χ0) is 14.8. The van der Waals surface area contributed by atoms with Gasteiger partial charge in [-0.05, 0) is 42.9 Å². The number of nitrogens with two attached hydrogens (primary N) is 1. The first-order valence-electron chi connectivity index (χ1n) is 6.93. The van der Waals surface area contributed by atoms with E-state index in [1.165, 1.54) is 12.5 Å². The number of anilines is 1. The molecule has 0 saturated heterocycles. The summed E-state index contributed by atoms with van der Waals surface area (Å²) in [5.41, 5.74) is 5.76. The maximum atomic E-state index is 13.6. The van der Waals surface area contributed by atoms with E-state index in [-0.39, 0.29) is 10.6 Å². The topological polar surface area (TPSA) is 72.2 Å². The van der Waals surface area contributed by atoms with Crippen molar-refractivity contribution in [1.29, 1.82) is 0 Å². The van der Waals surface area contributed by atoms with E-state index in [4.69, 9.17) is 5.73 Å². The summed E-state index contributed by atoms with van der Waals surface area (Å²) in [5.74, 6) is 0.184. The summed E-state index contributed by atoms with van der Waals surface area (Å²) in [4.78, 5) is -0.374. The minimum atomic E-state index is -3.84. The Labute approximate surface area is 119 Å². The van der Waals surface area contributed by atoms with E-state index in [9.17, 15) is 12.8 Å². The molecule has 0 aliphatic heterocycles.